The number of amides is 1. The molecular formula is C24H28ClN5O2. The number of piperazine rings is 1. The second-order valence-corrected chi connectivity index (χ2v) is 8.42. The number of rotatable bonds is 6. The molecule has 0 saturated carbocycles. The Balaban J connectivity index is 1.90. The highest BCUT2D eigenvalue weighted by Gasteiger charge is 2.22. The molecule has 0 aliphatic carbocycles. The monoisotopic (exact) mass is 453 g/mol. The number of benzene rings is 2. The first kappa shape index (κ1) is 22.2. The van der Waals surface area contributed by atoms with Crippen LogP contribution in [0.5, 0.6) is 5.75 Å². The van der Waals surface area contributed by atoms with E-state index in [0.29, 0.717) is 22.9 Å². The number of nitrogens with one attached hydrogen (secondary N) is 1. The van der Waals surface area contributed by atoms with E-state index in [2.05, 4.69) is 27.1 Å². The quantitative estimate of drug-likeness (QED) is 0.582. The van der Waals surface area contributed by atoms with Crippen molar-refractivity contribution in [3.63, 3.8) is 0 Å². The van der Waals surface area contributed by atoms with Gasteiger partial charge in [0.25, 0.3) is 5.91 Å². The van der Waals surface area contributed by atoms with Crippen molar-refractivity contribution in [3.8, 4) is 5.75 Å². The minimum atomic E-state index is -0.545. The molecule has 3 N–H and O–H groups in total. The van der Waals surface area contributed by atoms with Crippen molar-refractivity contribution in [2.45, 2.75) is 13.8 Å². The van der Waals surface area contributed by atoms with Gasteiger partial charge < -0.3 is 25.6 Å². The molecule has 0 unspecified atom stereocenters. The number of primary amides is 1. The summed E-state index contributed by atoms with van der Waals surface area (Å²) in [5.74, 6) is 0.241. The van der Waals surface area contributed by atoms with E-state index in [0.717, 1.165) is 59.8 Å². The van der Waals surface area contributed by atoms with Crippen LogP contribution < -0.4 is 20.7 Å². The van der Waals surface area contributed by atoms with Crippen LogP contribution in [0.25, 0.3) is 10.9 Å². The van der Waals surface area contributed by atoms with Crippen LogP contribution in [-0.2, 0) is 0 Å². The summed E-state index contributed by atoms with van der Waals surface area (Å²) in [5, 5.41) is 4.85. The van der Waals surface area contributed by atoms with Gasteiger partial charge in [-0.15, -0.1) is 0 Å². The van der Waals surface area contributed by atoms with Gasteiger partial charge in [-0.05, 0) is 44.7 Å². The molecule has 2 aromatic carbocycles. The second-order valence-electron chi connectivity index (χ2n) is 8.01. The van der Waals surface area contributed by atoms with E-state index in [1.54, 1.807) is 0 Å². The Morgan fingerprint density at radius 3 is 2.69 bits per heavy atom. The van der Waals surface area contributed by atoms with Crippen LogP contribution in [-0.4, -0.2) is 55.6 Å². The van der Waals surface area contributed by atoms with Gasteiger partial charge >= 0.3 is 0 Å². The van der Waals surface area contributed by atoms with Crippen molar-refractivity contribution < 1.29 is 9.53 Å². The summed E-state index contributed by atoms with van der Waals surface area (Å²) in [6.07, 6.45) is 1.51. The van der Waals surface area contributed by atoms with Gasteiger partial charge in [-0.25, -0.2) is 0 Å². The lowest BCUT2D eigenvalue weighted by Crippen LogP contribution is -2.44. The lowest BCUT2D eigenvalue weighted by atomic mass is 10.1. The fourth-order valence-corrected chi connectivity index (χ4v) is 4.15. The molecule has 4 rings (SSSR count). The SMILES string of the molecule is CCOc1cc2ncc(C(N)=O)c(Nc3cccc(Cl)c3C)c2cc1N1CCN(C)CC1. The molecule has 1 aliphatic rings. The summed E-state index contributed by atoms with van der Waals surface area (Å²) in [7, 11) is 2.12. The summed E-state index contributed by atoms with van der Waals surface area (Å²) in [5.41, 5.74) is 10.1. The zero-order chi connectivity index (χ0) is 22.8. The summed E-state index contributed by atoms with van der Waals surface area (Å²) in [4.78, 5) is 21.4. The zero-order valence-corrected chi connectivity index (χ0v) is 19.4. The minimum Gasteiger partial charge on any atom is -0.492 e. The predicted molar refractivity (Wildman–Crippen MR) is 131 cm³/mol. The van der Waals surface area contributed by atoms with Crippen molar-refractivity contribution in [1.29, 1.82) is 0 Å². The molecule has 0 bridgehead atoms. The van der Waals surface area contributed by atoms with Crippen LogP contribution in [0.3, 0.4) is 0 Å². The van der Waals surface area contributed by atoms with Gasteiger partial charge in [-0.2, -0.15) is 0 Å². The Labute approximate surface area is 193 Å². The molecule has 1 saturated heterocycles. The average molecular weight is 454 g/mol. The molecule has 1 fully saturated rings. The van der Waals surface area contributed by atoms with Crippen LogP contribution in [0.15, 0.2) is 36.5 Å². The number of ether oxygens (including phenoxy) is 1. The first-order valence-corrected chi connectivity index (χ1v) is 11.1. The van der Waals surface area contributed by atoms with Gasteiger partial charge in [0.15, 0.2) is 0 Å². The minimum absolute atomic E-state index is 0.324. The van der Waals surface area contributed by atoms with Crippen molar-refractivity contribution in [3.05, 3.63) is 52.7 Å². The number of pyridine rings is 1. The lowest BCUT2D eigenvalue weighted by molar-refractivity contribution is 0.100. The Morgan fingerprint density at radius 1 is 1.25 bits per heavy atom. The maximum absolute atomic E-state index is 12.3. The van der Waals surface area contributed by atoms with Crippen LogP contribution in [0.2, 0.25) is 5.02 Å². The molecule has 1 aromatic heterocycles. The number of hydrogen-bond acceptors (Lipinski definition) is 6. The maximum atomic E-state index is 12.3. The largest absolute Gasteiger partial charge is 0.492 e. The molecule has 0 spiro atoms. The summed E-state index contributed by atoms with van der Waals surface area (Å²) in [6.45, 7) is 8.17. The van der Waals surface area contributed by atoms with E-state index < -0.39 is 5.91 Å². The highest BCUT2D eigenvalue weighted by molar-refractivity contribution is 6.31. The van der Waals surface area contributed by atoms with E-state index in [1.165, 1.54) is 6.20 Å². The van der Waals surface area contributed by atoms with E-state index in [9.17, 15) is 4.79 Å². The standard InChI is InChI=1S/C24H28ClN5O2/c1-4-32-22-13-20-16(12-21(22)30-10-8-29(3)9-11-30)23(17(14-27-20)24(26)31)28-19-7-5-6-18(25)15(19)2/h5-7,12-14H,4,8-11H2,1-3H3,(H2,26,31)(H,27,28). The molecule has 2 heterocycles. The van der Waals surface area contributed by atoms with E-state index in [4.69, 9.17) is 22.1 Å². The van der Waals surface area contributed by atoms with Crippen LogP contribution in [0.1, 0.15) is 22.8 Å². The maximum Gasteiger partial charge on any atom is 0.252 e. The van der Waals surface area contributed by atoms with E-state index in [1.807, 2.05) is 44.2 Å². The van der Waals surface area contributed by atoms with Crippen molar-refractivity contribution in [2.75, 3.05) is 50.1 Å². The number of carbonyl (C=O) groups is 1. The molecule has 0 atom stereocenters. The number of likely N-dealkylation sites (N-methyl/N-ethyl adjacent to an activating group) is 1. The van der Waals surface area contributed by atoms with Gasteiger partial charge in [-0.1, -0.05) is 17.7 Å². The fraction of sp³-hybridized carbons (Fsp3) is 0.333. The smallest absolute Gasteiger partial charge is 0.252 e. The highest BCUT2D eigenvalue weighted by atomic mass is 35.5. The number of nitrogens with two attached hydrogens (primary N) is 1. The number of carbonyl (C=O) groups excluding carboxylic acids is 1. The summed E-state index contributed by atoms with van der Waals surface area (Å²) < 4.78 is 5.97. The Hall–Kier alpha value is -3.03. The van der Waals surface area contributed by atoms with Crippen molar-refractivity contribution >= 4 is 45.5 Å². The van der Waals surface area contributed by atoms with Crippen molar-refractivity contribution in [1.82, 2.24) is 9.88 Å². The predicted octanol–water partition coefficient (Wildman–Crippen LogP) is 4.19. The molecule has 1 aliphatic heterocycles. The Morgan fingerprint density at radius 2 is 2.00 bits per heavy atom. The van der Waals surface area contributed by atoms with Crippen LogP contribution >= 0.6 is 11.6 Å². The van der Waals surface area contributed by atoms with Gasteiger partial charge in [0.1, 0.15) is 5.75 Å². The molecule has 32 heavy (non-hydrogen) atoms. The third kappa shape index (κ3) is 4.31. The van der Waals surface area contributed by atoms with Crippen molar-refractivity contribution in [2.24, 2.45) is 5.73 Å². The molecule has 168 valence electrons. The first-order valence-electron chi connectivity index (χ1n) is 10.7. The van der Waals surface area contributed by atoms with E-state index >= 15 is 0 Å². The topological polar surface area (TPSA) is 83.7 Å². The molecular weight excluding hydrogens is 426 g/mol. The number of hydrogen-bond donors (Lipinski definition) is 2. The Bertz CT molecular complexity index is 1160. The van der Waals surface area contributed by atoms with E-state index in [-0.39, 0.29) is 0 Å². The number of halogens is 1. The second kappa shape index (κ2) is 9.22. The summed E-state index contributed by atoms with van der Waals surface area (Å²) in [6, 6.07) is 9.62. The lowest BCUT2D eigenvalue weighted by Gasteiger charge is -2.35. The van der Waals surface area contributed by atoms with Gasteiger partial charge in [-0.3, -0.25) is 9.78 Å². The first-order chi connectivity index (χ1) is 15.4. The average Bonchev–Trinajstić information content (AvgIpc) is 2.77. The molecule has 1 amide bonds. The fourth-order valence-electron chi connectivity index (χ4n) is 3.97. The molecule has 3 aromatic rings. The zero-order valence-electron chi connectivity index (χ0n) is 18.6. The van der Waals surface area contributed by atoms with Crippen LogP contribution in [0.4, 0.5) is 17.1 Å². The third-order valence-corrected chi connectivity index (χ3v) is 6.29. The molecule has 8 heteroatoms. The number of aromatic nitrogens is 1. The number of anilines is 3. The van der Waals surface area contributed by atoms with Gasteiger partial charge in [0, 0.05) is 54.5 Å². The third-order valence-electron chi connectivity index (χ3n) is 5.89. The number of fused-ring (bicyclic) bond motifs is 1. The Kier molecular flexibility index (Phi) is 6.39. The van der Waals surface area contributed by atoms with Gasteiger partial charge in [0.05, 0.1) is 29.1 Å². The highest BCUT2D eigenvalue weighted by Crippen LogP contribution is 2.39. The van der Waals surface area contributed by atoms with Crippen LogP contribution in [0, 0.1) is 6.92 Å². The number of nitrogens with zero attached hydrogens (tertiary/aromatic N) is 3. The molecule has 0 radical (unpaired) electrons. The molecule has 7 nitrogen and oxygen atoms in total. The summed E-state index contributed by atoms with van der Waals surface area (Å²) >= 11 is 6.32. The van der Waals surface area contributed by atoms with Gasteiger partial charge in [0.2, 0.25) is 0 Å². The normalized spacial score (nSPS) is 14.6.